The summed E-state index contributed by atoms with van der Waals surface area (Å²) in [5, 5.41) is 3.29. The van der Waals surface area contributed by atoms with Crippen molar-refractivity contribution in [2.24, 2.45) is 0 Å². The van der Waals surface area contributed by atoms with E-state index in [1.54, 1.807) is 17.0 Å². The standard InChI is InChI=1S/C25H27F4N3O2/c26-18-7-5-17(6-8-18)23-19-4-2-1-3-16(19)9-11-32(23)24(33)22-13-20-21(14-34-22)31(12-10-30-20)15-25(27,28)29/h1-8,20-23,30H,9-15H2/t20-,21-,22+,23-/m0/s1. The molecule has 0 spiro atoms. The lowest BCUT2D eigenvalue weighted by Crippen LogP contribution is -2.65. The number of hydrogen-bond donors (Lipinski definition) is 1. The highest BCUT2D eigenvalue weighted by molar-refractivity contribution is 5.82. The Labute approximate surface area is 195 Å². The molecule has 2 aromatic rings. The summed E-state index contributed by atoms with van der Waals surface area (Å²) < 4.78 is 58.5. The first-order chi connectivity index (χ1) is 16.3. The first kappa shape index (κ1) is 23.3. The molecule has 3 aliphatic heterocycles. The average Bonchev–Trinajstić information content (AvgIpc) is 2.82. The molecule has 5 nitrogen and oxygen atoms in total. The van der Waals surface area contributed by atoms with E-state index in [9.17, 15) is 22.4 Å². The number of carbonyl (C=O) groups is 1. The van der Waals surface area contributed by atoms with Crippen LogP contribution in [0.3, 0.4) is 0 Å². The summed E-state index contributed by atoms with van der Waals surface area (Å²) in [7, 11) is 0. The normalized spacial score (nSPS) is 27.7. The molecular weight excluding hydrogens is 450 g/mol. The van der Waals surface area contributed by atoms with Crippen LogP contribution in [0.4, 0.5) is 17.6 Å². The van der Waals surface area contributed by atoms with Crippen LogP contribution in [0.2, 0.25) is 0 Å². The number of alkyl halides is 3. The van der Waals surface area contributed by atoms with Crippen molar-refractivity contribution in [3.63, 3.8) is 0 Å². The third kappa shape index (κ3) is 4.69. The predicted octanol–water partition coefficient (Wildman–Crippen LogP) is 3.29. The van der Waals surface area contributed by atoms with Gasteiger partial charge < -0.3 is 15.0 Å². The Morgan fingerprint density at radius 2 is 1.85 bits per heavy atom. The van der Waals surface area contributed by atoms with Crippen molar-refractivity contribution in [2.45, 2.75) is 43.2 Å². The fraction of sp³-hybridized carbons (Fsp3) is 0.480. The summed E-state index contributed by atoms with van der Waals surface area (Å²) in [6.45, 7) is 0.300. The Kier molecular flexibility index (Phi) is 6.35. The molecule has 2 fully saturated rings. The largest absolute Gasteiger partial charge is 0.401 e. The first-order valence-corrected chi connectivity index (χ1v) is 11.6. The molecule has 0 bridgehead atoms. The molecule has 3 heterocycles. The number of fused-ring (bicyclic) bond motifs is 2. The van der Waals surface area contributed by atoms with E-state index >= 15 is 0 Å². The molecular formula is C25H27F4N3O2. The first-order valence-electron chi connectivity index (χ1n) is 11.6. The Bertz CT molecular complexity index is 1030. The summed E-state index contributed by atoms with van der Waals surface area (Å²) in [6.07, 6.45) is -4.02. The lowest BCUT2D eigenvalue weighted by Gasteiger charge is -2.47. The molecule has 0 aliphatic carbocycles. The molecule has 5 rings (SSSR count). The number of rotatable bonds is 3. The van der Waals surface area contributed by atoms with Crippen LogP contribution in [-0.2, 0) is 16.0 Å². The molecule has 0 aromatic heterocycles. The zero-order valence-corrected chi connectivity index (χ0v) is 18.6. The van der Waals surface area contributed by atoms with Crippen molar-refractivity contribution in [3.05, 3.63) is 71.0 Å². The van der Waals surface area contributed by atoms with E-state index in [2.05, 4.69) is 5.32 Å². The minimum Gasteiger partial charge on any atom is -0.367 e. The van der Waals surface area contributed by atoms with Crippen molar-refractivity contribution >= 4 is 5.91 Å². The maximum absolute atomic E-state index is 13.7. The van der Waals surface area contributed by atoms with Gasteiger partial charge in [0.1, 0.15) is 11.9 Å². The molecule has 3 aliphatic rings. The van der Waals surface area contributed by atoms with Gasteiger partial charge in [0.05, 0.1) is 19.2 Å². The van der Waals surface area contributed by atoms with Gasteiger partial charge in [0, 0.05) is 31.7 Å². The number of piperazine rings is 1. The number of halogens is 4. The summed E-state index contributed by atoms with van der Waals surface area (Å²) in [5.74, 6) is -0.531. The van der Waals surface area contributed by atoms with Gasteiger partial charge in [-0.15, -0.1) is 0 Å². The van der Waals surface area contributed by atoms with Gasteiger partial charge in [0.25, 0.3) is 5.91 Å². The Balaban J connectivity index is 1.37. The zero-order chi connectivity index (χ0) is 23.9. The number of benzene rings is 2. The second-order valence-corrected chi connectivity index (χ2v) is 9.21. The molecule has 182 valence electrons. The van der Waals surface area contributed by atoms with Crippen LogP contribution >= 0.6 is 0 Å². The minimum atomic E-state index is -4.28. The maximum atomic E-state index is 13.7. The minimum absolute atomic E-state index is 0.0653. The zero-order valence-electron chi connectivity index (χ0n) is 18.6. The predicted molar refractivity (Wildman–Crippen MR) is 118 cm³/mol. The lowest BCUT2D eigenvalue weighted by atomic mass is 9.87. The highest BCUT2D eigenvalue weighted by atomic mass is 19.4. The van der Waals surface area contributed by atoms with E-state index in [0.717, 1.165) is 16.7 Å². The smallest absolute Gasteiger partial charge is 0.367 e. The van der Waals surface area contributed by atoms with Crippen LogP contribution in [0.25, 0.3) is 0 Å². The van der Waals surface area contributed by atoms with Crippen LogP contribution in [0.15, 0.2) is 48.5 Å². The fourth-order valence-corrected chi connectivity index (χ4v) is 5.52. The SMILES string of the molecule is O=C([C@H]1C[C@@H]2NCCN(CC(F)(F)F)[C@H]2CO1)N1CCc2ccccc2[C@@H]1c1ccc(F)cc1. The average molecular weight is 478 g/mol. The van der Waals surface area contributed by atoms with Gasteiger partial charge in [0.2, 0.25) is 0 Å². The van der Waals surface area contributed by atoms with Crippen molar-refractivity contribution in [1.82, 2.24) is 15.1 Å². The van der Waals surface area contributed by atoms with Crippen molar-refractivity contribution in [1.29, 1.82) is 0 Å². The van der Waals surface area contributed by atoms with E-state index in [1.807, 2.05) is 24.3 Å². The quantitative estimate of drug-likeness (QED) is 0.690. The lowest BCUT2D eigenvalue weighted by molar-refractivity contribution is -0.172. The highest BCUT2D eigenvalue weighted by Gasteiger charge is 2.45. The van der Waals surface area contributed by atoms with Gasteiger partial charge in [-0.25, -0.2) is 4.39 Å². The highest BCUT2D eigenvalue weighted by Crippen LogP contribution is 2.37. The number of carbonyl (C=O) groups excluding carboxylic acids is 1. The molecule has 0 radical (unpaired) electrons. The topological polar surface area (TPSA) is 44.8 Å². The fourth-order valence-electron chi connectivity index (χ4n) is 5.52. The van der Waals surface area contributed by atoms with Gasteiger partial charge in [0.15, 0.2) is 0 Å². The molecule has 0 unspecified atom stereocenters. The van der Waals surface area contributed by atoms with Gasteiger partial charge in [-0.3, -0.25) is 9.69 Å². The van der Waals surface area contributed by atoms with Crippen molar-refractivity contribution in [2.75, 3.05) is 32.8 Å². The van der Waals surface area contributed by atoms with Crippen molar-refractivity contribution in [3.8, 4) is 0 Å². The second-order valence-electron chi connectivity index (χ2n) is 9.21. The van der Waals surface area contributed by atoms with Gasteiger partial charge in [-0.1, -0.05) is 36.4 Å². The van der Waals surface area contributed by atoms with Crippen LogP contribution in [0.1, 0.15) is 29.2 Å². The van der Waals surface area contributed by atoms with Crippen LogP contribution < -0.4 is 5.32 Å². The molecule has 2 aromatic carbocycles. The van der Waals surface area contributed by atoms with Crippen LogP contribution in [0.5, 0.6) is 0 Å². The van der Waals surface area contributed by atoms with Gasteiger partial charge in [-0.2, -0.15) is 13.2 Å². The second kappa shape index (κ2) is 9.28. The number of nitrogens with zero attached hydrogens (tertiary/aromatic N) is 2. The molecule has 0 saturated carbocycles. The third-order valence-electron chi connectivity index (χ3n) is 7.09. The van der Waals surface area contributed by atoms with Crippen molar-refractivity contribution < 1.29 is 27.1 Å². The third-order valence-corrected chi connectivity index (χ3v) is 7.09. The van der Waals surface area contributed by atoms with Gasteiger partial charge >= 0.3 is 6.18 Å². The molecule has 1 N–H and O–H groups in total. The summed E-state index contributed by atoms with van der Waals surface area (Å²) in [6, 6.07) is 13.0. The summed E-state index contributed by atoms with van der Waals surface area (Å²) >= 11 is 0. The Morgan fingerprint density at radius 3 is 2.62 bits per heavy atom. The van der Waals surface area contributed by atoms with E-state index < -0.39 is 24.9 Å². The van der Waals surface area contributed by atoms with Crippen LogP contribution in [0, 0.1) is 5.82 Å². The van der Waals surface area contributed by atoms with Crippen LogP contribution in [-0.4, -0.2) is 72.9 Å². The Morgan fingerprint density at radius 1 is 1.09 bits per heavy atom. The van der Waals surface area contributed by atoms with E-state index in [-0.39, 0.29) is 37.0 Å². The molecule has 2 saturated heterocycles. The maximum Gasteiger partial charge on any atom is 0.401 e. The summed E-state index contributed by atoms with van der Waals surface area (Å²) in [4.78, 5) is 16.9. The molecule has 1 amide bonds. The number of nitrogens with one attached hydrogen (secondary N) is 1. The number of hydrogen-bond acceptors (Lipinski definition) is 4. The molecule has 34 heavy (non-hydrogen) atoms. The Hall–Kier alpha value is -2.49. The number of amides is 1. The van der Waals surface area contributed by atoms with Gasteiger partial charge in [-0.05, 0) is 41.7 Å². The van der Waals surface area contributed by atoms with E-state index in [4.69, 9.17) is 4.74 Å². The summed E-state index contributed by atoms with van der Waals surface area (Å²) in [5.41, 5.74) is 2.94. The molecule has 9 heteroatoms. The van der Waals surface area contributed by atoms with E-state index in [1.165, 1.54) is 17.0 Å². The number of ether oxygens (including phenoxy) is 1. The van der Waals surface area contributed by atoms with E-state index in [0.29, 0.717) is 25.9 Å². The molecule has 4 atom stereocenters. The monoisotopic (exact) mass is 477 g/mol.